The van der Waals surface area contributed by atoms with Crippen LogP contribution in [0.3, 0.4) is 0 Å². The molecule has 0 rings (SSSR count). The summed E-state index contributed by atoms with van der Waals surface area (Å²) in [6, 6.07) is 0. The average Bonchev–Trinajstić information content (AvgIpc) is 3.22. The molecule has 0 atom stereocenters. The molecule has 0 aliphatic carbocycles. The monoisotopic (exact) mass is 857 g/mol. The molecule has 0 radical (unpaired) electrons. The molecular formula is C50H96O4S3. The predicted molar refractivity (Wildman–Crippen MR) is 262 cm³/mol. The van der Waals surface area contributed by atoms with Crippen molar-refractivity contribution < 1.29 is 19.3 Å². The molecule has 0 aromatic rings. The maximum atomic E-state index is 10.7. The topological polar surface area (TPSA) is 47.9 Å². The Morgan fingerprint density at radius 2 is 0.491 bits per heavy atom. The molecule has 0 amide bonds. The molecule has 0 saturated heterocycles. The molecule has 338 valence electrons. The van der Waals surface area contributed by atoms with E-state index in [0.29, 0.717) is 15.2 Å². The van der Waals surface area contributed by atoms with Crippen LogP contribution in [-0.2, 0) is 14.2 Å². The van der Waals surface area contributed by atoms with Gasteiger partial charge in [0.25, 0.3) is 0 Å². The van der Waals surface area contributed by atoms with E-state index in [1.807, 2.05) is 0 Å². The van der Waals surface area contributed by atoms with Crippen LogP contribution in [0, 0.1) is 5.41 Å². The Bertz CT molecular complexity index is 774. The van der Waals surface area contributed by atoms with Crippen LogP contribution in [0.15, 0.2) is 0 Å². The summed E-state index contributed by atoms with van der Waals surface area (Å²) in [7, 11) is 0. The predicted octanol–water partition coefficient (Wildman–Crippen LogP) is 17.3. The van der Waals surface area contributed by atoms with Gasteiger partial charge in [-0.2, -0.15) is 0 Å². The van der Waals surface area contributed by atoms with Gasteiger partial charge in [-0.25, -0.2) is 0 Å². The number of thiocarbonyl (C=S) groups is 3. The van der Waals surface area contributed by atoms with Gasteiger partial charge in [0.2, 0.25) is 0 Å². The van der Waals surface area contributed by atoms with Crippen LogP contribution in [0.25, 0.3) is 0 Å². The minimum absolute atomic E-state index is 0.142. The van der Waals surface area contributed by atoms with Crippen LogP contribution in [-0.4, -0.2) is 46.7 Å². The van der Waals surface area contributed by atoms with Crippen LogP contribution >= 0.6 is 36.7 Å². The van der Waals surface area contributed by atoms with Gasteiger partial charge in [-0.1, -0.05) is 233 Å². The van der Waals surface area contributed by atoms with Gasteiger partial charge in [0, 0.05) is 19.3 Å². The number of hydrogen-bond donors (Lipinski definition) is 1. The first-order chi connectivity index (χ1) is 27.9. The van der Waals surface area contributed by atoms with E-state index in [-0.39, 0.29) is 26.4 Å². The fourth-order valence-electron chi connectivity index (χ4n) is 7.51. The summed E-state index contributed by atoms with van der Waals surface area (Å²) in [4.78, 5) is 0. The van der Waals surface area contributed by atoms with Crippen LogP contribution in [0.5, 0.6) is 0 Å². The summed E-state index contributed by atoms with van der Waals surface area (Å²) < 4.78 is 18.4. The first-order valence-corrected chi connectivity index (χ1v) is 26.2. The van der Waals surface area contributed by atoms with E-state index in [1.165, 1.54) is 212 Å². The summed E-state index contributed by atoms with van der Waals surface area (Å²) in [5.41, 5.74) is -0.776. The number of unbranched alkanes of at least 4 members (excludes halogenated alkanes) is 33. The van der Waals surface area contributed by atoms with Crippen molar-refractivity contribution in [2.45, 2.75) is 271 Å². The average molecular weight is 858 g/mol. The van der Waals surface area contributed by atoms with Crippen molar-refractivity contribution in [2.75, 3.05) is 26.4 Å². The lowest BCUT2D eigenvalue weighted by molar-refractivity contribution is -0.0205. The number of rotatable bonds is 46. The second-order valence-electron chi connectivity index (χ2n) is 17.6. The van der Waals surface area contributed by atoms with Gasteiger partial charge >= 0.3 is 0 Å². The molecule has 0 unspecified atom stereocenters. The summed E-state index contributed by atoms with van der Waals surface area (Å²) in [6.45, 7) is 7.41. The van der Waals surface area contributed by atoms with E-state index >= 15 is 0 Å². The molecular weight excluding hydrogens is 761 g/mol. The van der Waals surface area contributed by atoms with Gasteiger partial charge < -0.3 is 19.3 Å². The van der Waals surface area contributed by atoms with Crippen LogP contribution in [0.4, 0.5) is 0 Å². The molecule has 7 heteroatoms. The summed E-state index contributed by atoms with van der Waals surface area (Å²) in [5.74, 6) is 0. The summed E-state index contributed by atoms with van der Waals surface area (Å²) in [5, 5.41) is 12.5. The van der Waals surface area contributed by atoms with E-state index in [1.54, 1.807) is 0 Å². The second kappa shape index (κ2) is 45.2. The lowest BCUT2D eigenvalue weighted by Gasteiger charge is -2.31. The minimum Gasteiger partial charge on any atom is -0.486 e. The number of hydrogen-bond acceptors (Lipinski definition) is 7. The quantitative estimate of drug-likeness (QED) is 0.0483. The van der Waals surface area contributed by atoms with E-state index in [0.717, 1.165) is 38.5 Å². The highest BCUT2D eigenvalue weighted by molar-refractivity contribution is 7.80. The fourth-order valence-corrected chi connectivity index (χ4v) is 8.12. The third-order valence-corrected chi connectivity index (χ3v) is 12.6. The van der Waals surface area contributed by atoms with Crippen LogP contribution < -0.4 is 0 Å². The lowest BCUT2D eigenvalue weighted by atomic mass is 9.92. The molecule has 0 fully saturated rings. The van der Waals surface area contributed by atoms with Crippen molar-refractivity contribution in [3.8, 4) is 0 Å². The molecule has 0 saturated carbocycles. The first kappa shape index (κ1) is 56.6. The Morgan fingerprint density at radius 1 is 0.316 bits per heavy atom. The first-order valence-electron chi connectivity index (χ1n) is 25.0. The summed E-state index contributed by atoms with van der Waals surface area (Å²) in [6.07, 6.45) is 49.7. The molecule has 0 aliphatic rings. The lowest BCUT2D eigenvalue weighted by Crippen LogP contribution is -2.42. The fraction of sp³-hybridized carbons (Fsp3) is 0.940. The molecule has 0 spiro atoms. The molecule has 57 heavy (non-hydrogen) atoms. The highest BCUT2D eigenvalue weighted by Gasteiger charge is 2.34. The zero-order valence-corrected chi connectivity index (χ0v) is 40.8. The van der Waals surface area contributed by atoms with Gasteiger partial charge in [-0.3, -0.25) is 0 Å². The highest BCUT2D eigenvalue weighted by Crippen LogP contribution is 2.23. The Labute approximate surface area is 372 Å². The number of ether oxygens (including phenoxy) is 3. The number of aliphatic hydroxyl groups is 1. The second-order valence-corrected chi connectivity index (χ2v) is 18.9. The van der Waals surface area contributed by atoms with Crippen molar-refractivity contribution in [3.05, 3.63) is 0 Å². The molecule has 1 N–H and O–H groups in total. The Balaban J connectivity index is 4.58. The van der Waals surface area contributed by atoms with Gasteiger partial charge in [0.15, 0.2) is 15.2 Å². The zero-order chi connectivity index (χ0) is 41.8. The third kappa shape index (κ3) is 40.8. The largest absolute Gasteiger partial charge is 0.486 e. The van der Waals surface area contributed by atoms with Crippen molar-refractivity contribution in [2.24, 2.45) is 5.41 Å². The third-order valence-electron chi connectivity index (χ3n) is 11.7. The van der Waals surface area contributed by atoms with Gasteiger partial charge in [0.1, 0.15) is 19.8 Å². The van der Waals surface area contributed by atoms with E-state index in [2.05, 4.69) is 20.8 Å². The molecule has 0 bridgehead atoms. The normalized spacial score (nSPS) is 11.6. The molecule has 4 nitrogen and oxygen atoms in total. The van der Waals surface area contributed by atoms with Crippen molar-refractivity contribution in [1.29, 1.82) is 0 Å². The minimum atomic E-state index is -0.776. The van der Waals surface area contributed by atoms with Crippen molar-refractivity contribution >= 4 is 51.8 Å². The highest BCUT2D eigenvalue weighted by atomic mass is 32.1. The van der Waals surface area contributed by atoms with E-state index in [4.69, 9.17) is 50.9 Å². The maximum absolute atomic E-state index is 10.7. The number of aliphatic hydroxyl groups excluding tert-OH is 1. The molecule has 0 heterocycles. The molecule has 0 aromatic heterocycles. The zero-order valence-electron chi connectivity index (χ0n) is 38.3. The van der Waals surface area contributed by atoms with Gasteiger partial charge in [-0.05, 0) is 55.9 Å². The summed E-state index contributed by atoms with van der Waals surface area (Å²) >= 11 is 17.0. The smallest absolute Gasteiger partial charge is 0.159 e. The Kier molecular flexibility index (Phi) is 44.9. The van der Waals surface area contributed by atoms with Gasteiger partial charge in [0.05, 0.1) is 12.0 Å². The van der Waals surface area contributed by atoms with Crippen LogP contribution in [0.2, 0.25) is 0 Å². The van der Waals surface area contributed by atoms with Crippen molar-refractivity contribution in [3.63, 3.8) is 0 Å². The SMILES string of the molecule is CCCCCCCCCCCCCCC(=S)OCC(CO)(COC(=S)CCCCCCCCCCCCCC)COC(=S)CCCCCCCCCCCCCC. The Morgan fingerprint density at radius 3 is 0.667 bits per heavy atom. The Hall–Kier alpha value is -0.370. The van der Waals surface area contributed by atoms with E-state index < -0.39 is 5.41 Å². The standard InChI is InChI=1S/C50H96O4S3/c1-4-7-10-13-16-19-22-25-28-31-34-37-40-47(55)52-44-50(43-51,45-53-48(56)41-38-35-32-29-26-23-20-17-14-11-8-5-2)46-54-49(57)42-39-36-33-30-27-24-21-18-15-12-9-6-3/h51H,4-46H2,1-3H3. The van der Waals surface area contributed by atoms with E-state index in [9.17, 15) is 5.11 Å². The maximum Gasteiger partial charge on any atom is 0.159 e. The molecule has 0 aromatic carbocycles. The molecule has 0 aliphatic heterocycles. The van der Waals surface area contributed by atoms with Crippen LogP contribution in [0.1, 0.15) is 271 Å². The van der Waals surface area contributed by atoms with Crippen molar-refractivity contribution in [1.82, 2.24) is 0 Å². The van der Waals surface area contributed by atoms with Gasteiger partial charge in [-0.15, -0.1) is 0 Å².